The van der Waals surface area contributed by atoms with Crippen molar-refractivity contribution in [2.24, 2.45) is 7.05 Å². The van der Waals surface area contributed by atoms with Gasteiger partial charge in [-0.3, -0.25) is 14.6 Å². The lowest BCUT2D eigenvalue weighted by Crippen LogP contribution is -2.36. The van der Waals surface area contributed by atoms with Crippen molar-refractivity contribution in [3.8, 4) is 11.1 Å². The van der Waals surface area contributed by atoms with Crippen molar-refractivity contribution in [1.82, 2.24) is 24.4 Å². The molecule has 12 heteroatoms. The van der Waals surface area contributed by atoms with Crippen molar-refractivity contribution in [1.29, 1.82) is 4.78 Å². The predicted molar refractivity (Wildman–Crippen MR) is 133 cm³/mol. The lowest BCUT2D eigenvalue weighted by atomic mass is 9.94. The SMILES string of the molecule is CC(C)c1cc(F)cc(-c2cccnc2)c1NC(=O)NS(=N)(=O)c1nn(C)c(CN2CCC2)c1Cl. The van der Waals surface area contributed by atoms with E-state index in [4.69, 9.17) is 16.4 Å². The summed E-state index contributed by atoms with van der Waals surface area (Å²) in [5.74, 6) is -0.594. The van der Waals surface area contributed by atoms with Crippen molar-refractivity contribution in [2.45, 2.75) is 37.8 Å². The number of halogens is 2. The molecular weight excluding hydrogens is 493 g/mol. The molecule has 9 nitrogen and oxygen atoms in total. The van der Waals surface area contributed by atoms with Gasteiger partial charge in [0.05, 0.1) is 11.4 Å². The number of benzene rings is 1. The number of hydrogen-bond donors (Lipinski definition) is 3. The third-order valence-corrected chi connectivity index (χ3v) is 7.68. The Morgan fingerprint density at radius 3 is 2.69 bits per heavy atom. The van der Waals surface area contributed by atoms with E-state index in [0.717, 1.165) is 19.5 Å². The Bertz CT molecular complexity index is 1360. The summed E-state index contributed by atoms with van der Waals surface area (Å²) in [5.41, 5.74) is 2.53. The van der Waals surface area contributed by atoms with Crippen molar-refractivity contribution >= 4 is 33.2 Å². The third-order valence-electron chi connectivity index (χ3n) is 5.87. The maximum Gasteiger partial charge on any atom is 0.332 e. The molecular formula is C23H27ClFN7O2S. The van der Waals surface area contributed by atoms with Gasteiger partial charge in [-0.1, -0.05) is 31.5 Å². The minimum atomic E-state index is -3.89. The first-order valence-corrected chi connectivity index (χ1v) is 13.1. The predicted octanol–water partition coefficient (Wildman–Crippen LogP) is 4.75. The van der Waals surface area contributed by atoms with Gasteiger partial charge in [0, 0.05) is 37.1 Å². The van der Waals surface area contributed by atoms with E-state index in [2.05, 4.69) is 25.0 Å². The normalized spacial score (nSPS) is 15.5. The zero-order valence-electron chi connectivity index (χ0n) is 19.6. The highest BCUT2D eigenvalue weighted by Crippen LogP contribution is 2.36. The lowest BCUT2D eigenvalue weighted by Gasteiger charge is -2.30. The van der Waals surface area contributed by atoms with Crippen LogP contribution in [-0.4, -0.2) is 43.0 Å². The molecule has 0 spiro atoms. The van der Waals surface area contributed by atoms with Crippen LogP contribution in [0.2, 0.25) is 5.02 Å². The van der Waals surface area contributed by atoms with E-state index in [9.17, 15) is 13.4 Å². The van der Waals surface area contributed by atoms with Gasteiger partial charge in [-0.25, -0.2) is 22.9 Å². The van der Waals surface area contributed by atoms with E-state index >= 15 is 0 Å². The summed E-state index contributed by atoms with van der Waals surface area (Å²) in [7, 11) is -2.23. The Hall–Kier alpha value is -3.02. The minimum absolute atomic E-state index is 0.0976. The van der Waals surface area contributed by atoms with E-state index in [1.54, 1.807) is 31.6 Å². The van der Waals surface area contributed by atoms with Gasteiger partial charge in [0.15, 0.2) is 14.9 Å². The number of amides is 2. The van der Waals surface area contributed by atoms with Gasteiger partial charge in [0.1, 0.15) is 10.8 Å². The minimum Gasteiger partial charge on any atom is -0.306 e. The van der Waals surface area contributed by atoms with Crippen molar-refractivity contribution in [2.75, 3.05) is 18.4 Å². The van der Waals surface area contributed by atoms with E-state index in [0.29, 0.717) is 34.6 Å². The molecule has 1 aliphatic rings. The zero-order valence-corrected chi connectivity index (χ0v) is 21.2. The summed E-state index contributed by atoms with van der Waals surface area (Å²) in [6.07, 6.45) is 4.25. The highest BCUT2D eigenvalue weighted by molar-refractivity contribution is 7.91. The molecule has 2 amide bonds. The summed E-state index contributed by atoms with van der Waals surface area (Å²) in [6, 6.07) is 5.20. The van der Waals surface area contributed by atoms with Gasteiger partial charge in [-0.2, -0.15) is 5.10 Å². The van der Waals surface area contributed by atoms with Crippen LogP contribution < -0.4 is 10.0 Å². The van der Waals surface area contributed by atoms with Crippen LogP contribution in [0.4, 0.5) is 14.9 Å². The van der Waals surface area contributed by atoms with Crippen molar-refractivity contribution in [3.63, 3.8) is 0 Å². The molecule has 1 fully saturated rings. The average molecular weight is 520 g/mol. The number of hydrogen-bond acceptors (Lipinski definition) is 6. The van der Waals surface area contributed by atoms with Crippen LogP contribution in [0, 0.1) is 10.6 Å². The fourth-order valence-corrected chi connectivity index (χ4v) is 5.47. The number of urea groups is 1. The van der Waals surface area contributed by atoms with Gasteiger partial charge < -0.3 is 5.32 Å². The highest BCUT2D eigenvalue weighted by atomic mass is 35.5. The molecule has 1 atom stereocenters. The van der Waals surface area contributed by atoms with Gasteiger partial charge in [-0.15, -0.1) is 0 Å². The van der Waals surface area contributed by atoms with E-state index in [1.165, 1.54) is 16.8 Å². The third kappa shape index (κ3) is 5.31. The summed E-state index contributed by atoms with van der Waals surface area (Å²) >= 11 is 6.44. The molecule has 1 aliphatic heterocycles. The number of nitrogens with zero attached hydrogens (tertiary/aromatic N) is 4. The Morgan fingerprint density at radius 1 is 1.34 bits per heavy atom. The van der Waals surface area contributed by atoms with Crippen LogP contribution in [-0.2, 0) is 23.5 Å². The van der Waals surface area contributed by atoms with Gasteiger partial charge >= 0.3 is 6.03 Å². The summed E-state index contributed by atoms with van der Waals surface area (Å²) in [6.45, 7) is 6.12. The van der Waals surface area contributed by atoms with Crippen LogP contribution in [0.15, 0.2) is 41.7 Å². The fourth-order valence-electron chi connectivity index (χ4n) is 3.90. The van der Waals surface area contributed by atoms with Gasteiger partial charge in [0.2, 0.25) is 0 Å². The molecule has 186 valence electrons. The van der Waals surface area contributed by atoms with Crippen LogP contribution in [0.5, 0.6) is 0 Å². The maximum atomic E-state index is 14.4. The molecule has 0 radical (unpaired) electrons. The smallest absolute Gasteiger partial charge is 0.306 e. The Labute approximate surface area is 208 Å². The number of carbonyl (C=O) groups is 1. The molecule has 2 aromatic heterocycles. The molecule has 4 rings (SSSR count). The molecule has 0 bridgehead atoms. The summed E-state index contributed by atoms with van der Waals surface area (Å²) < 4.78 is 39.7. The number of likely N-dealkylation sites (tertiary alicyclic amines) is 1. The summed E-state index contributed by atoms with van der Waals surface area (Å²) in [5, 5.41) is 6.74. The highest BCUT2D eigenvalue weighted by Gasteiger charge is 2.27. The molecule has 35 heavy (non-hydrogen) atoms. The first-order chi connectivity index (χ1) is 16.6. The number of aryl methyl sites for hydroxylation is 1. The van der Waals surface area contributed by atoms with Crippen LogP contribution >= 0.6 is 11.6 Å². The molecule has 1 aromatic carbocycles. The van der Waals surface area contributed by atoms with Gasteiger partial charge in [0.25, 0.3) is 0 Å². The molecule has 3 N–H and O–H groups in total. The zero-order chi connectivity index (χ0) is 25.3. The number of anilines is 1. The van der Waals surface area contributed by atoms with E-state index in [1.807, 2.05) is 13.8 Å². The lowest BCUT2D eigenvalue weighted by molar-refractivity contribution is 0.168. The summed E-state index contributed by atoms with van der Waals surface area (Å²) in [4.78, 5) is 19.2. The van der Waals surface area contributed by atoms with Crippen molar-refractivity contribution < 1.29 is 13.4 Å². The molecule has 0 saturated carbocycles. The van der Waals surface area contributed by atoms with Crippen LogP contribution in [0.3, 0.4) is 0 Å². The number of aromatic nitrogens is 3. The number of rotatable bonds is 7. The second-order valence-electron chi connectivity index (χ2n) is 8.75. The molecule has 1 unspecified atom stereocenters. The molecule has 3 aromatic rings. The Balaban J connectivity index is 1.63. The maximum absolute atomic E-state index is 14.4. The second-order valence-corrected chi connectivity index (χ2v) is 10.8. The average Bonchev–Trinajstić information content (AvgIpc) is 3.06. The molecule has 1 saturated heterocycles. The second kappa shape index (κ2) is 9.92. The number of carbonyl (C=O) groups excluding carboxylic acids is 1. The Morgan fingerprint density at radius 2 is 2.09 bits per heavy atom. The van der Waals surface area contributed by atoms with Crippen LogP contribution in [0.1, 0.15) is 37.4 Å². The first-order valence-electron chi connectivity index (χ1n) is 11.1. The standard InChI is InChI=1S/C23H27ClFN7O2S/c1-14(2)17-10-16(25)11-18(15-6-4-7-27-12-15)21(17)28-23(33)30-35(26,34)22-20(24)19(31(3)29-22)13-32-8-5-9-32/h4,6-7,10-12,14H,5,8-9,13H2,1-3H3,(H3,26,28,30,33,34). The topological polar surface area (TPSA) is 116 Å². The van der Waals surface area contributed by atoms with Crippen LogP contribution in [0.25, 0.3) is 11.1 Å². The number of pyridine rings is 1. The van der Waals surface area contributed by atoms with Crippen molar-refractivity contribution in [3.05, 3.63) is 58.8 Å². The van der Waals surface area contributed by atoms with E-state index < -0.39 is 21.8 Å². The monoisotopic (exact) mass is 519 g/mol. The van der Waals surface area contributed by atoms with Gasteiger partial charge in [-0.05, 0) is 49.2 Å². The quantitative estimate of drug-likeness (QED) is 0.416. The fraction of sp³-hybridized carbons (Fsp3) is 0.348. The Kier molecular flexibility index (Phi) is 7.11. The first kappa shape index (κ1) is 25.1. The molecule has 0 aliphatic carbocycles. The number of nitrogens with one attached hydrogen (secondary N) is 3. The molecule has 3 heterocycles. The van der Waals surface area contributed by atoms with E-state index in [-0.39, 0.29) is 16.0 Å². The largest absolute Gasteiger partial charge is 0.332 e.